The zero-order chi connectivity index (χ0) is 17.6. The molecule has 0 aromatic carbocycles. The first-order valence-electron chi connectivity index (χ1n) is 9.19. The van der Waals surface area contributed by atoms with Gasteiger partial charge in [-0.2, -0.15) is 0 Å². The molecular weight excluding hydrogens is 334 g/mol. The first-order chi connectivity index (χ1) is 12.1. The number of fused-ring (bicyclic) bond motifs is 1. The van der Waals surface area contributed by atoms with Crippen molar-refractivity contribution < 1.29 is 9.59 Å². The lowest BCUT2D eigenvalue weighted by Gasteiger charge is -2.32. The fourth-order valence-electron chi connectivity index (χ4n) is 3.64. The first-order valence-corrected chi connectivity index (χ1v) is 10.1. The van der Waals surface area contributed by atoms with Crippen molar-refractivity contribution in [3.8, 4) is 0 Å². The standard InChI is InChI=1S/C19H27N3O2S/c1-14-16-9-12-25-17(16)8-11-22(14)13-18(23)21-19(24)20-10-7-15-5-3-2-4-6-15/h5,9,12,14H,2-4,6-8,10-11,13H2,1H3,(H2,20,21,23,24)/t14-/m0/s1. The van der Waals surface area contributed by atoms with Crippen LogP contribution in [-0.4, -0.2) is 36.5 Å². The first kappa shape index (κ1) is 18.1. The van der Waals surface area contributed by atoms with Crippen LogP contribution in [0, 0.1) is 0 Å². The van der Waals surface area contributed by atoms with E-state index in [1.807, 2.05) is 0 Å². The average Bonchev–Trinajstić information content (AvgIpc) is 3.08. The fraction of sp³-hybridized carbons (Fsp3) is 0.579. The average molecular weight is 362 g/mol. The van der Waals surface area contributed by atoms with Crippen molar-refractivity contribution >= 4 is 23.3 Å². The molecule has 6 heteroatoms. The molecule has 0 fully saturated rings. The Morgan fingerprint density at radius 3 is 3.00 bits per heavy atom. The number of carbonyl (C=O) groups excluding carboxylic acids is 2. The van der Waals surface area contributed by atoms with Gasteiger partial charge in [-0.15, -0.1) is 11.3 Å². The lowest BCUT2D eigenvalue weighted by Crippen LogP contribution is -2.46. The summed E-state index contributed by atoms with van der Waals surface area (Å²) in [6, 6.07) is 1.98. The van der Waals surface area contributed by atoms with Crippen molar-refractivity contribution in [2.24, 2.45) is 0 Å². The molecule has 0 bridgehead atoms. The Morgan fingerprint density at radius 2 is 2.20 bits per heavy atom. The molecule has 0 saturated heterocycles. The molecule has 1 aliphatic heterocycles. The minimum absolute atomic E-state index is 0.224. The van der Waals surface area contributed by atoms with Gasteiger partial charge >= 0.3 is 6.03 Å². The van der Waals surface area contributed by atoms with Gasteiger partial charge in [0.2, 0.25) is 5.91 Å². The maximum Gasteiger partial charge on any atom is 0.321 e. The van der Waals surface area contributed by atoms with E-state index in [0.717, 1.165) is 32.2 Å². The van der Waals surface area contributed by atoms with Crippen molar-refractivity contribution in [2.45, 2.75) is 51.5 Å². The quantitative estimate of drug-likeness (QED) is 0.791. The van der Waals surface area contributed by atoms with Gasteiger partial charge in [0.25, 0.3) is 0 Å². The van der Waals surface area contributed by atoms with Gasteiger partial charge in [0, 0.05) is 24.0 Å². The number of nitrogens with zero attached hydrogens (tertiary/aromatic N) is 1. The summed E-state index contributed by atoms with van der Waals surface area (Å²) in [7, 11) is 0. The Hall–Kier alpha value is -1.66. The Morgan fingerprint density at radius 1 is 1.32 bits per heavy atom. The SMILES string of the molecule is C[C@H]1c2ccsc2CCN1CC(=O)NC(=O)NCCC1=CCCCC1. The highest BCUT2D eigenvalue weighted by atomic mass is 32.1. The molecule has 1 aliphatic carbocycles. The molecule has 0 unspecified atom stereocenters. The van der Waals surface area contributed by atoms with Crippen molar-refractivity contribution in [1.29, 1.82) is 0 Å². The lowest BCUT2D eigenvalue weighted by molar-refractivity contribution is -0.121. The van der Waals surface area contributed by atoms with Gasteiger partial charge in [-0.3, -0.25) is 15.0 Å². The molecule has 0 saturated carbocycles. The van der Waals surface area contributed by atoms with Crippen LogP contribution in [0.15, 0.2) is 23.1 Å². The molecule has 0 radical (unpaired) electrons. The van der Waals surface area contributed by atoms with Crippen molar-refractivity contribution in [1.82, 2.24) is 15.5 Å². The predicted octanol–water partition coefficient (Wildman–Crippen LogP) is 3.38. The van der Waals surface area contributed by atoms with Gasteiger partial charge in [0.05, 0.1) is 6.54 Å². The zero-order valence-electron chi connectivity index (χ0n) is 14.8. The molecule has 25 heavy (non-hydrogen) atoms. The Kier molecular flexibility index (Phi) is 6.26. The van der Waals surface area contributed by atoms with Crippen LogP contribution in [-0.2, 0) is 11.2 Å². The predicted molar refractivity (Wildman–Crippen MR) is 101 cm³/mol. The summed E-state index contributed by atoms with van der Waals surface area (Å²) >= 11 is 1.79. The molecule has 1 aromatic heterocycles. The molecule has 1 atom stereocenters. The second kappa shape index (κ2) is 8.63. The van der Waals surface area contributed by atoms with Gasteiger partial charge in [-0.05, 0) is 62.5 Å². The number of thiophene rings is 1. The summed E-state index contributed by atoms with van der Waals surface area (Å²) < 4.78 is 0. The number of imide groups is 1. The smallest absolute Gasteiger partial charge is 0.321 e. The number of hydrogen-bond donors (Lipinski definition) is 2. The highest BCUT2D eigenvalue weighted by molar-refractivity contribution is 7.10. The maximum absolute atomic E-state index is 12.2. The van der Waals surface area contributed by atoms with E-state index < -0.39 is 0 Å². The number of urea groups is 1. The summed E-state index contributed by atoms with van der Waals surface area (Å²) in [5.41, 5.74) is 2.74. The van der Waals surface area contributed by atoms with Crippen molar-refractivity contribution in [3.63, 3.8) is 0 Å². The van der Waals surface area contributed by atoms with Gasteiger partial charge in [0.15, 0.2) is 0 Å². The molecular formula is C19H27N3O2S. The van der Waals surface area contributed by atoms with E-state index in [9.17, 15) is 9.59 Å². The maximum atomic E-state index is 12.2. The number of nitrogens with one attached hydrogen (secondary N) is 2. The Bertz CT molecular complexity index is 653. The molecule has 2 N–H and O–H groups in total. The van der Waals surface area contributed by atoms with Crippen LogP contribution in [0.25, 0.3) is 0 Å². The third-order valence-electron chi connectivity index (χ3n) is 5.12. The molecule has 1 aromatic rings. The van der Waals surface area contributed by atoms with Gasteiger partial charge in [-0.25, -0.2) is 4.79 Å². The summed E-state index contributed by atoms with van der Waals surface area (Å²) in [6.45, 7) is 3.83. The third-order valence-corrected chi connectivity index (χ3v) is 6.12. The summed E-state index contributed by atoms with van der Waals surface area (Å²) in [5, 5.41) is 7.36. The van der Waals surface area contributed by atoms with Crippen molar-refractivity contribution in [2.75, 3.05) is 19.6 Å². The van der Waals surface area contributed by atoms with E-state index in [0.29, 0.717) is 6.54 Å². The number of carbonyl (C=O) groups is 2. The minimum atomic E-state index is -0.387. The van der Waals surface area contributed by atoms with Crippen LogP contribution >= 0.6 is 11.3 Å². The Labute approximate surface area is 153 Å². The van der Waals surface area contributed by atoms with E-state index in [4.69, 9.17) is 0 Å². The van der Waals surface area contributed by atoms with E-state index in [1.54, 1.807) is 11.3 Å². The van der Waals surface area contributed by atoms with Crippen LogP contribution in [0.2, 0.25) is 0 Å². The van der Waals surface area contributed by atoms with Crippen LogP contribution in [0.5, 0.6) is 0 Å². The largest absolute Gasteiger partial charge is 0.337 e. The van der Waals surface area contributed by atoms with Gasteiger partial charge in [0.1, 0.15) is 0 Å². The molecule has 5 nitrogen and oxygen atoms in total. The highest BCUT2D eigenvalue weighted by Crippen LogP contribution is 2.32. The third kappa shape index (κ3) is 4.92. The van der Waals surface area contributed by atoms with E-state index >= 15 is 0 Å². The van der Waals surface area contributed by atoms with Gasteiger partial charge < -0.3 is 5.32 Å². The monoisotopic (exact) mass is 361 g/mol. The van der Waals surface area contributed by atoms with Crippen LogP contribution in [0.3, 0.4) is 0 Å². The van der Waals surface area contributed by atoms with Crippen molar-refractivity contribution in [3.05, 3.63) is 33.5 Å². The van der Waals surface area contributed by atoms with Crippen LogP contribution in [0.1, 0.15) is 55.5 Å². The number of hydrogen-bond acceptors (Lipinski definition) is 4. The second-order valence-corrected chi connectivity index (χ2v) is 7.86. The van der Waals surface area contributed by atoms with Crippen LogP contribution in [0.4, 0.5) is 4.79 Å². The summed E-state index contributed by atoms with van der Waals surface area (Å²) in [6.07, 6.45) is 8.95. The summed E-state index contributed by atoms with van der Waals surface area (Å²) in [4.78, 5) is 27.6. The normalized spacial score (nSPS) is 20.5. The van der Waals surface area contributed by atoms with E-state index in [2.05, 4.69) is 40.0 Å². The van der Waals surface area contributed by atoms with Crippen LogP contribution < -0.4 is 10.6 Å². The topological polar surface area (TPSA) is 61.4 Å². The highest BCUT2D eigenvalue weighted by Gasteiger charge is 2.26. The molecule has 136 valence electrons. The molecule has 2 heterocycles. The second-order valence-electron chi connectivity index (χ2n) is 6.86. The molecule has 3 amide bonds. The number of amides is 3. The fourth-order valence-corrected chi connectivity index (χ4v) is 4.60. The number of allylic oxidation sites excluding steroid dienone is 1. The zero-order valence-corrected chi connectivity index (χ0v) is 15.7. The Balaban J connectivity index is 1.38. The van der Waals surface area contributed by atoms with E-state index in [-0.39, 0.29) is 24.5 Å². The number of rotatable bonds is 5. The minimum Gasteiger partial charge on any atom is -0.337 e. The van der Waals surface area contributed by atoms with E-state index in [1.165, 1.54) is 28.9 Å². The molecule has 3 rings (SSSR count). The molecule has 2 aliphatic rings. The summed E-state index contributed by atoms with van der Waals surface area (Å²) in [5.74, 6) is -0.236. The lowest BCUT2D eigenvalue weighted by atomic mass is 9.97. The van der Waals surface area contributed by atoms with Gasteiger partial charge in [-0.1, -0.05) is 11.6 Å². The molecule has 0 spiro atoms.